The molecule has 0 aliphatic rings. The lowest BCUT2D eigenvalue weighted by Crippen LogP contribution is -2.30. The van der Waals surface area contributed by atoms with Gasteiger partial charge in [0, 0.05) is 25.7 Å². The van der Waals surface area contributed by atoms with E-state index in [-0.39, 0.29) is 25.7 Å². The summed E-state index contributed by atoms with van der Waals surface area (Å²) < 4.78 is 68.8. The average Bonchev–Trinajstić information content (AvgIpc) is 1.00. The van der Waals surface area contributed by atoms with E-state index in [9.17, 15) is 43.2 Å². The first-order chi connectivity index (χ1) is 49.2. The van der Waals surface area contributed by atoms with E-state index in [1.165, 1.54) is 276 Å². The molecule has 0 fully saturated rings. The highest BCUT2D eigenvalue weighted by atomic mass is 31.2. The van der Waals surface area contributed by atoms with Crippen molar-refractivity contribution in [3.63, 3.8) is 0 Å². The van der Waals surface area contributed by atoms with Crippen molar-refractivity contribution in [3.8, 4) is 0 Å². The maximum Gasteiger partial charge on any atom is 0.472 e. The number of aliphatic hydroxyl groups excluding tert-OH is 1. The van der Waals surface area contributed by atoms with Crippen LogP contribution in [-0.2, 0) is 65.4 Å². The van der Waals surface area contributed by atoms with Gasteiger partial charge in [0.15, 0.2) is 12.2 Å². The van der Waals surface area contributed by atoms with Crippen molar-refractivity contribution in [1.82, 2.24) is 0 Å². The quantitative estimate of drug-likeness (QED) is 0.0222. The fraction of sp³-hybridized carbons (Fsp3) is 0.951. The normalized spacial score (nSPS) is 13.8. The standard InChI is InChI=1S/C82H160O17P2/c1-5-9-13-17-21-25-29-32-35-38-39-42-45-49-53-57-61-65-69-82(87)99-78(73-93-80(85)67-63-59-55-51-47-43-40-36-33-30-26-22-18-14-10-6-2)75-97-101(90,91)95-71-76(83)70-94-100(88,89)96-74-77(72-92-79(84)66-62-58-54-50-46-28-24-20-16-12-8-4)98-81(86)68-64-60-56-52-48-44-41-37-34-31-27-23-19-15-11-7-3/h76-78,83H,5-75H2,1-4H3,(H,88,89)(H,90,91)/t76-,77+,78+/m0/s1. The fourth-order valence-corrected chi connectivity index (χ4v) is 14.4. The highest BCUT2D eigenvalue weighted by molar-refractivity contribution is 7.47. The number of aliphatic hydroxyl groups is 1. The number of esters is 4. The van der Waals surface area contributed by atoms with Gasteiger partial charge in [0.1, 0.15) is 19.3 Å². The highest BCUT2D eigenvalue weighted by Gasteiger charge is 2.30. The second-order valence-corrected chi connectivity index (χ2v) is 32.4. The largest absolute Gasteiger partial charge is 0.472 e. The van der Waals surface area contributed by atoms with Gasteiger partial charge < -0.3 is 33.8 Å². The maximum absolute atomic E-state index is 13.1. The molecule has 19 heteroatoms. The minimum absolute atomic E-state index is 0.109. The smallest absolute Gasteiger partial charge is 0.462 e. The number of rotatable bonds is 83. The topological polar surface area (TPSA) is 237 Å². The summed E-state index contributed by atoms with van der Waals surface area (Å²) in [5.41, 5.74) is 0. The van der Waals surface area contributed by atoms with Crippen molar-refractivity contribution in [3.05, 3.63) is 0 Å². The van der Waals surface area contributed by atoms with Crippen LogP contribution in [0.4, 0.5) is 0 Å². The number of phosphoric ester groups is 2. The number of unbranched alkanes of at least 4 members (excludes halogenated alkanes) is 57. The molecule has 0 amide bonds. The zero-order chi connectivity index (χ0) is 73.9. The molecular formula is C82H160O17P2. The van der Waals surface area contributed by atoms with Crippen LogP contribution in [0.15, 0.2) is 0 Å². The average molecular weight is 1480 g/mol. The van der Waals surface area contributed by atoms with E-state index >= 15 is 0 Å². The zero-order valence-corrected chi connectivity index (χ0v) is 67.7. The summed E-state index contributed by atoms with van der Waals surface area (Å²) in [4.78, 5) is 73.1. The minimum atomic E-state index is -4.96. The Bertz CT molecular complexity index is 1910. The van der Waals surface area contributed by atoms with Crippen LogP contribution >= 0.6 is 15.6 Å². The van der Waals surface area contributed by atoms with Crippen LogP contribution in [0.1, 0.15) is 445 Å². The van der Waals surface area contributed by atoms with Gasteiger partial charge in [-0.2, -0.15) is 0 Å². The number of carbonyl (C=O) groups excluding carboxylic acids is 4. The first kappa shape index (κ1) is 99.1. The lowest BCUT2D eigenvalue weighted by Gasteiger charge is -2.21. The van der Waals surface area contributed by atoms with Crippen molar-refractivity contribution in [2.24, 2.45) is 0 Å². The van der Waals surface area contributed by atoms with E-state index in [1.54, 1.807) is 0 Å². The van der Waals surface area contributed by atoms with Crippen molar-refractivity contribution in [2.75, 3.05) is 39.6 Å². The molecule has 0 aromatic carbocycles. The van der Waals surface area contributed by atoms with Gasteiger partial charge >= 0.3 is 39.5 Å². The summed E-state index contributed by atoms with van der Waals surface area (Å²) in [5, 5.41) is 10.7. The van der Waals surface area contributed by atoms with E-state index in [1.807, 2.05) is 0 Å². The van der Waals surface area contributed by atoms with Crippen molar-refractivity contribution >= 4 is 39.5 Å². The van der Waals surface area contributed by atoms with E-state index in [4.69, 9.17) is 37.0 Å². The van der Waals surface area contributed by atoms with Crippen molar-refractivity contribution in [2.45, 2.75) is 463 Å². The van der Waals surface area contributed by atoms with E-state index in [0.29, 0.717) is 25.7 Å². The molecule has 0 aliphatic heterocycles. The Hall–Kier alpha value is -1.94. The Morgan fingerprint density at radius 1 is 0.238 bits per heavy atom. The Balaban J connectivity index is 5.25. The molecule has 0 saturated heterocycles. The molecule has 101 heavy (non-hydrogen) atoms. The molecule has 0 aromatic rings. The summed E-state index contributed by atoms with van der Waals surface area (Å²) in [6.07, 6.45) is 69.2. The van der Waals surface area contributed by atoms with Crippen molar-refractivity contribution in [1.29, 1.82) is 0 Å². The third-order valence-electron chi connectivity index (χ3n) is 19.4. The fourth-order valence-electron chi connectivity index (χ4n) is 12.8. The summed E-state index contributed by atoms with van der Waals surface area (Å²) in [6, 6.07) is 0. The molecule has 0 aliphatic carbocycles. The predicted molar refractivity (Wildman–Crippen MR) is 414 cm³/mol. The molecule has 0 heterocycles. The van der Waals surface area contributed by atoms with Gasteiger partial charge in [-0.1, -0.05) is 394 Å². The number of carbonyl (C=O) groups is 4. The van der Waals surface area contributed by atoms with E-state index in [0.717, 1.165) is 89.9 Å². The Kier molecular flexibility index (Phi) is 74.8. The first-order valence-electron chi connectivity index (χ1n) is 42.8. The number of hydrogen-bond acceptors (Lipinski definition) is 15. The van der Waals surface area contributed by atoms with Gasteiger partial charge in [-0.15, -0.1) is 0 Å². The molecule has 0 rings (SSSR count). The van der Waals surface area contributed by atoms with Crippen LogP contribution in [0.5, 0.6) is 0 Å². The Morgan fingerprint density at radius 3 is 0.584 bits per heavy atom. The third-order valence-corrected chi connectivity index (χ3v) is 21.3. The zero-order valence-electron chi connectivity index (χ0n) is 65.9. The number of hydrogen-bond donors (Lipinski definition) is 3. The van der Waals surface area contributed by atoms with Gasteiger partial charge in [0.2, 0.25) is 0 Å². The van der Waals surface area contributed by atoms with Gasteiger partial charge in [-0.25, -0.2) is 9.13 Å². The monoisotopic (exact) mass is 1480 g/mol. The van der Waals surface area contributed by atoms with Gasteiger partial charge in [-0.3, -0.25) is 37.3 Å². The molecule has 0 spiro atoms. The van der Waals surface area contributed by atoms with Gasteiger partial charge in [0.25, 0.3) is 0 Å². The summed E-state index contributed by atoms with van der Waals surface area (Å²) in [7, 11) is -9.92. The lowest BCUT2D eigenvalue weighted by molar-refractivity contribution is -0.161. The molecule has 600 valence electrons. The lowest BCUT2D eigenvalue weighted by atomic mass is 10.0. The summed E-state index contributed by atoms with van der Waals surface area (Å²) in [5.74, 6) is -2.10. The van der Waals surface area contributed by atoms with Gasteiger partial charge in [0.05, 0.1) is 26.4 Å². The molecule has 5 atom stereocenters. The van der Waals surface area contributed by atoms with Crippen LogP contribution < -0.4 is 0 Å². The van der Waals surface area contributed by atoms with Crippen molar-refractivity contribution < 1.29 is 80.2 Å². The van der Waals surface area contributed by atoms with Crippen LogP contribution in [-0.4, -0.2) is 96.7 Å². The molecule has 0 bridgehead atoms. The van der Waals surface area contributed by atoms with Gasteiger partial charge in [-0.05, 0) is 25.7 Å². The number of phosphoric acid groups is 2. The Labute approximate surface area is 619 Å². The van der Waals surface area contributed by atoms with Crippen LogP contribution in [0.2, 0.25) is 0 Å². The Morgan fingerprint density at radius 2 is 0.396 bits per heavy atom. The second-order valence-electron chi connectivity index (χ2n) is 29.5. The number of ether oxygens (including phenoxy) is 4. The summed E-state index contributed by atoms with van der Waals surface area (Å²) in [6.45, 7) is 5.04. The molecule has 0 aromatic heterocycles. The van der Waals surface area contributed by atoms with E-state index < -0.39 is 97.5 Å². The van der Waals surface area contributed by atoms with E-state index in [2.05, 4.69) is 27.7 Å². The summed E-state index contributed by atoms with van der Waals surface area (Å²) >= 11 is 0. The van der Waals surface area contributed by atoms with Crippen LogP contribution in [0.25, 0.3) is 0 Å². The highest BCUT2D eigenvalue weighted by Crippen LogP contribution is 2.45. The SMILES string of the molecule is CCCCCCCCCCCCCCCCCCCCC(=O)O[C@H](COC(=O)CCCCCCCCCCCCCCCCCC)COP(=O)(O)OC[C@@H](O)COP(=O)(O)OC[C@@H](COC(=O)CCCCCCCCCCCCC)OC(=O)CCCCCCCCCCCCCCCCCC. The molecular weight excluding hydrogens is 1320 g/mol. The third kappa shape index (κ3) is 76.1. The van der Waals surface area contributed by atoms with Crippen LogP contribution in [0.3, 0.4) is 0 Å². The van der Waals surface area contributed by atoms with Crippen LogP contribution in [0, 0.1) is 0 Å². The maximum atomic E-state index is 13.1. The minimum Gasteiger partial charge on any atom is -0.462 e. The molecule has 17 nitrogen and oxygen atoms in total. The molecule has 0 saturated carbocycles. The molecule has 0 radical (unpaired) electrons. The predicted octanol–water partition coefficient (Wildman–Crippen LogP) is 25.0. The molecule has 3 N–H and O–H groups in total. The second kappa shape index (κ2) is 76.3. The first-order valence-corrected chi connectivity index (χ1v) is 45.8. The molecule has 2 unspecified atom stereocenters.